The minimum absolute atomic E-state index is 0.687. The number of benzene rings is 1. The monoisotopic (exact) mass is 297 g/mol. The molecule has 2 aromatic rings. The smallest absolute Gasteiger partial charge is 0.0459 e. The summed E-state index contributed by atoms with van der Waals surface area (Å²) in [4.78, 5) is 6.38. The minimum atomic E-state index is 0.687. The van der Waals surface area contributed by atoms with Gasteiger partial charge < -0.3 is 10.7 Å². The second-order valence-electron chi connectivity index (χ2n) is 7.41. The third-order valence-electron chi connectivity index (χ3n) is 5.83. The van der Waals surface area contributed by atoms with Crippen LogP contribution in [0.15, 0.2) is 18.2 Å². The van der Waals surface area contributed by atoms with Crippen molar-refractivity contribution in [1.82, 2.24) is 9.88 Å². The molecule has 1 aromatic heterocycles. The van der Waals surface area contributed by atoms with E-state index in [-0.39, 0.29) is 0 Å². The van der Waals surface area contributed by atoms with Gasteiger partial charge in [-0.1, -0.05) is 11.6 Å². The van der Waals surface area contributed by atoms with Crippen LogP contribution in [-0.4, -0.2) is 35.1 Å². The molecule has 0 saturated carbocycles. The van der Waals surface area contributed by atoms with Crippen LogP contribution in [0.3, 0.4) is 0 Å². The summed E-state index contributed by atoms with van der Waals surface area (Å²) in [6, 6.07) is 8.17. The summed E-state index contributed by atoms with van der Waals surface area (Å²) < 4.78 is 0. The van der Waals surface area contributed by atoms with E-state index in [9.17, 15) is 0 Å². The zero-order chi connectivity index (χ0) is 15.3. The first kappa shape index (κ1) is 14.3. The van der Waals surface area contributed by atoms with Crippen molar-refractivity contribution in [3.63, 3.8) is 0 Å². The number of hydrogen-bond donors (Lipinski definition) is 2. The van der Waals surface area contributed by atoms with Gasteiger partial charge in [0.15, 0.2) is 0 Å². The maximum atomic E-state index is 5.91. The zero-order valence-electron chi connectivity index (χ0n) is 13.7. The molecule has 1 aliphatic heterocycles. The van der Waals surface area contributed by atoms with Crippen LogP contribution in [0.25, 0.3) is 10.9 Å². The Morgan fingerprint density at radius 3 is 3.00 bits per heavy atom. The summed E-state index contributed by atoms with van der Waals surface area (Å²) in [5, 5.41) is 1.45. The van der Waals surface area contributed by atoms with E-state index < -0.39 is 0 Å². The number of nitrogens with one attached hydrogen (secondary N) is 1. The lowest BCUT2D eigenvalue weighted by Gasteiger charge is -2.34. The van der Waals surface area contributed by atoms with Crippen LogP contribution in [0.2, 0.25) is 0 Å². The molecule has 4 rings (SSSR count). The lowest BCUT2D eigenvalue weighted by Crippen LogP contribution is -2.41. The molecule has 3 N–H and O–H groups in total. The first-order valence-electron chi connectivity index (χ1n) is 8.71. The van der Waals surface area contributed by atoms with Crippen molar-refractivity contribution in [2.24, 2.45) is 11.7 Å². The molecule has 3 heteroatoms. The third-order valence-corrected chi connectivity index (χ3v) is 5.83. The molecule has 0 radical (unpaired) electrons. The average Bonchev–Trinajstić information content (AvgIpc) is 3.07. The van der Waals surface area contributed by atoms with Crippen molar-refractivity contribution in [2.45, 2.75) is 51.6 Å². The number of aryl methyl sites for hydroxylation is 2. The van der Waals surface area contributed by atoms with Gasteiger partial charge in [-0.3, -0.25) is 4.90 Å². The molecule has 1 aromatic carbocycles. The normalized spacial score (nSPS) is 29.1. The number of aromatic amines is 1. The van der Waals surface area contributed by atoms with Crippen LogP contribution >= 0.6 is 0 Å². The second-order valence-corrected chi connectivity index (χ2v) is 7.41. The standard InChI is InChI=1S/C19H27N3/c1-12-3-5-18-16(7-12)17-9-15(4-6-19(17)21-18)22-11-14(10-20)8-13(22)2/h3,5,7,13-15,21H,4,6,8-11,20H2,1-2H3/t13-,14-,15-/m1/s1. The van der Waals surface area contributed by atoms with E-state index >= 15 is 0 Å². The Kier molecular flexibility index (Phi) is 3.50. The Morgan fingerprint density at radius 1 is 1.36 bits per heavy atom. The summed E-state index contributed by atoms with van der Waals surface area (Å²) in [7, 11) is 0. The van der Waals surface area contributed by atoms with Crippen LogP contribution < -0.4 is 5.73 Å². The molecule has 118 valence electrons. The molecule has 1 fully saturated rings. The highest BCUT2D eigenvalue weighted by Crippen LogP contribution is 2.34. The molecule has 22 heavy (non-hydrogen) atoms. The largest absolute Gasteiger partial charge is 0.358 e. The summed E-state index contributed by atoms with van der Waals surface area (Å²) in [5.74, 6) is 0.696. The molecule has 2 heterocycles. The highest BCUT2D eigenvalue weighted by Gasteiger charge is 2.35. The Balaban J connectivity index is 1.63. The van der Waals surface area contributed by atoms with Gasteiger partial charge in [-0.2, -0.15) is 0 Å². The predicted octanol–water partition coefficient (Wildman–Crippen LogP) is 3.00. The molecule has 3 atom stereocenters. The van der Waals surface area contributed by atoms with E-state index in [0.29, 0.717) is 18.0 Å². The predicted molar refractivity (Wildman–Crippen MR) is 92.2 cm³/mol. The summed E-state index contributed by atoms with van der Waals surface area (Å²) in [6.07, 6.45) is 4.93. The van der Waals surface area contributed by atoms with Gasteiger partial charge in [0.1, 0.15) is 0 Å². The maximum absolute atomic E-state index is 5.91. The minimum Gasteiger partial charge on any atom is -0.358 e. The fourth-order valence-corrected chi connectivity index (χ4v) is 4.65. The highest BCUT2D eigenvalue weighted by molar-refractivity contribution is 5.85. The lowest BCUT2D eigenvalue weighted by atomic mass is 9.90. The van der Waals surface area contributed by atoms with Gasteiger partial charge in [-0.05, 0) is 69.7 Å². The number of likely N-dealkylation sites (tertiary alicyclic amines) is 1. The van der Waals surface area contributed by atoms with Crippen molar-refractivity contribution in [2.75, 3.05) is 13.1 Å². The molecule has 1 saturated heterocycles. The molecule has 0 unspecified atom stereocenters. The molecule has 1 aliphatic carbocycles. The number of fused-ring (bicyclic) bond motifs is 3. The van der Waals surface area contributed by atoms with Crippen molar-refractivity contribution in [3.8, 4) is 0 Å². The molecule has 3 nitrogen and oxygen atoms in total. The number of nitrogens with zero attached hydrogens (tertiary/aromatic N) is 1. The first-order chi connectivity index (χ1) is 10.7. The van der Waals surface area contributed by atoms with E-state index in [0.717, 1.165) is 6.54 Å². The van der Waals surface area contributed by atoms with Gasteiger partial charge >= 0.3 is 0 Å². The van der Waals surface area contributed by atoms with Crippen LogP contribution in [0, 0.1) is 12.8 Å². The van der Waals surface area contributed by atoms with E-state index in [1.54, 1.807) is 5.56 Å². The van der Waals surface area contributed by atoms with Crippen molar-refractivity contribution >= 4 is 10.9 Å². The molecular formula is C19H27N3. The van der Waals surface area contributed by atoms with E-state index in [2.05, 4.69) is 41.9 Å². The van der Waals surface area contributed by atoms with Crippen molar-refractivity contribution in [1.29, 1.82) is 0 Å². The quantitative estimate of drug-likeness (QED) is 0.895. The van der Waals surface area contributed by atoms with Crippen LogP contribution in [-0.2, 0) is 12.8 Å². The summed E-state index contributed by atoms with van der Waals surface area (Å²) >= 11 is 0. The average molecular weight is 297 g/mol. The van der Waals surface area contributed by atoms with Gasteiger partial charge in [0.05, 0.1) is 0 Å². The van der Waals surface area contributed by atoms with E-state index in [1.807, 2.05) is 0 Å². The number of hydrogen-bond acceptors (Lipinski definition) is 2. The van der Waals surface area contributed by atoms with Gasteiger partial charge in [-0.25, -0.2) is 0 Å². The van der Waals surface area contributed by atoms with Crippen molar-refractivity contribution in [3.05, 3.63) is 35.0 Å². The third kappa shape index (κ3) is 2.27. The molecular weight excluding hydrogens is 270 g/mol. The molecule has 0 bridgehead atoms. The Labute approximate surface area is 132 Å². The van der Waals surface area contributed by atoms with Crippen LogP contribution in [0.5, 0.6) is 0 Å². The zero-order valence-corrected chi connectivity index (χ0v) is 13.7. The van der Waals surface area contributed by atoms with Crippen molar-refractivity contribution < 1.29 is 0 Å². The SMILES string of the molecule is Cc1ccc2[nH]c3c(c2c1)C[C@H](N1C[C@@H](CN)C[C@H]1C)CC3. The number of nitrogens with two attached hydrogens (primary N) is 1. The van der Waals surface area contributed by atoms with Gasteiger partial charge in [0.2, 0.25) is 0 Å². The molecule has 0 amide bonds. The molecule has 0 spiro atoms. The summed E-state index contributed by atoms with van der Waals surface area (Å²) in [6.45, 7) is 6.60. The van der Waals surface area contributed by atoms with E-state index in [1.165, 1.54) is 54.4 Å². The number of H-pyrrole nitrogens is 1. The maximum Gasteiger partial charge on any atom is 0.0459 e. The topological polar surface area (TPSA) is 45.0 Å². The van der Waals surface area contributed by atoms with Crippen LogP contribution in [0.1, 0.15) is 36.6 Å². The summed E-state index contributed by atoms with van der Waals surface area (Å²) in [5.41, 5.74) is 11.6. The van der Waals surface area contributed by atoms with E-state index in [4.69, 9.17) is 5.73 Å². The fourth-order valence-electron chi connectivity index (χ4n) is 4.65. The molecule has 2 aliphatic rings. The van der Waals surface area contributed by atoms with Gasteiger partial charge in [0, 0.05) is 35.2 Å². The highest BCUT2D eigenvalue weighted by atomic mass is 15.2. The second kappa shape index (κ2) is 5.39. The van der Waals surface area contributed by atoms with Gasteiger partial charge in [0.25, 0.3) is 0 Å². The lowest BCUT2D eigenvalue weighted by molar-refractivity contribution is 0.170. The Hall–Kier alpha value is -1.32. The Bertz CT molecular complexity index is 687. The Morgan fingerprint density at radius 2 is 2.23 bits per heavy atom. The number of rotatable bonds is 2. The van der Waals surface area contributed by atoms with Gasteiger partial charge in [-0.15, -0.1) is 0 Å². The number of aromatic nitrogens is 1. The first-order valence-corrected chi connectivity index (χ1v) is 8.71. The van der Waals surface area contributed by atoms with Crippen LogP contribution in [0.4, 0.5) is 0 Å². The fraction of sp³-hybridized carbons (Fsp3) is 0.579.